The number of rotatable bonds is 16. The van der Waals surface area contributed by atoms with E-state index >= 15 is 0 Å². The largest absolute Gasteiger partial charge is 0.330 e. The van der Waals surface area contributed by atoms with Crippen molar-refractivity contribution in [3.05, 3.63) is 177 Å². The van der Waals surface area contributed by atoms with E-state index in [9.17, 15) is 4.55 Å². The van der Waals surface area contributed by atoms with Crippen LogP contribution in [0.2, 0.25) is 0 Å². The Bertz CT molecular complexity index is 2460. The molecule has 0 aliphatic heterocycles. The molecule has 7 aromatic rings. The van der Waals surface area contributed by atoms with Gasteiger partial charge in [0, 0.05) is 5.75 Å². The third kappa shape index (κ3) is 10.6. The van der Waals surface area contributed by atoms with Crippen LogP contribution in [0.1, 0.15) is 208 Å². The van der Waals surface area contributed by atoms with Crippen LogP contribution in [0.15, 0.2) is 127 Å². The minimum Gasteiger partial charge on any atom is -0.330 e. The molecule has 69 heavy (non-hydrogen) atoms. The van der Waals surface area contributed by atoms with Gasteiger partial charge in [0.25, 0.3) is 0 Å². The quantitative estimate of drug-likeness (QED) is 0.0975. The minimum absolute atomic E-state index is 0.347. The SMILES string of the molecule is CC(C)c1cccc(C(C)C)c1-c1cc(-c2cccc(-c3cc(-c4c(C(C)C)cccc4C(C)C)cc(-c4c(C(C)C)cccc4C(C)C)c3)c2CSO)cc(-c2c(C(C)C)cccc2C(C)C)c1. The highest BCUT2D eigenvalue weighted by Gasteiger charge is 2.25. The zero-order chi connectivity index (χ0) is 50.0. The van der Waals surface area contributed by atoms with Crippen molar-refractivity contribution in [2.75, 3.05) is 0 Å². The lowest BCUT2D eigenvalue weighted by Crippen LogP contribution is -2.03. The molecule has 0 spiro atoms. The van der Waals surface area contributed by atoms with Gasteiger partial charge in [-0.15, -0.1) is 0 Å². The van der Waals surface area contributed by atoms with Crippen molar-refractivity contribution in [2.24, 2.45) is 0 Å². The van der Waals surface area contributed by atoms with Crippen molar-refractivity contribution in [1.82, 2.24) is 0 Å². The normalized spacial score (nSPS) is 12.1. The lowest BCUT2D eigenvalue weighted by Gasteiger charge is -2.25. The van der Waals surface area contributed by atoms with Crippen molar-refractivity contribution < 1.29 is 4.55 Å². The summed E-state index contributed by atoms with van der Waals surface area (Å²) in [7, 11) is 0. The summed E-state index contributed by atoms with van der Waals surface area (Å²) < 4.78 is 11.1. The molecule has 7 aromatic carbocycles. The van der Waals surface area contributed by atoms with Gasteiger partial charge in [-0.25, -0.2) is 0 Å². The molecule has 1 N–H and O–H groups in total. The summed E-state index contributed by atoms with van der Waals surface area (Å²) in [6.45, 7) is 37.2. The van der Waals surface area contributed by atoms with Crippen LogP contribution in [0.25, 0.3) is 66.8 Å². The van der Waals surface area contributed by atoms with E-state index in [-0.39, 0.29) is 0 Å². The molecule has 7 rings (SSSR count). The van der Waals surface area contributed by atoms with Crippen molar-refractivity contribution in [3.8, 4) is 66.8 Å². The second-order valence-electron chi connectivity index (χ2n) is 22.2. The molecule has 0 amide bonds. The number of benzene rings is 7. The average molecular weight is 933 g/mol. The molecule has 2 heteroatoms. The number of hydrogen-bond acceptors (Lipinski definition) is 2. The lowest BCUT2D eigenvalue weighted by atomic mass is 9.79. The van der Waals surface area contributed by atoms with Gasteiger partial charge in [-0.1, -0.05) is 202 Å². The van der Waals surface area contributed by atoms with Crippen LogP contribution in [0, 0.1) is 0 Å². The molecule has 0 fully saturated rings. The van der Waals surface area contributed by atoms with E-state index in [0.29, 0.717) is 53.1 Å². The molecule has 0 radical (unpaired) electrons. The van der Waals surface area contributed by atoms with Gasteiger partial charge in [0.05, 0.1) is 0 Å². The lowest BCUT2D eigenvalue weighted by molar-refractivity contribution is 0.663. The van der Waals surface area contributed by atoms with Crippen LogP contribution in [-0.2, 0) is 5.75 Å². The van der Waals surface area contributed by atoms with Gasteiger partial charge in [-0.05, 0) is 213 Å². The van der Waals surface area contributed by atoms with Crippen LogP contribution < -0.4 is 0 Å². The molecule has 0 atom stereocenters. The van der Waals surface area contributed by atoms with Gasteiger partial charge in [-0.2, -0.15) is 0 Å². The fourth-order valence-electron chi connectivity index (χ4n) is 11.0. The van der Waals surface area contributed by atoms with Crippen molar-refractivity contribution in [2.45, 2.75) is 164 Å². The van der Waals surface area contributed by atoms with Crippen LogP contribution in [-0.4, -0.2) is 4.55 Å². The Labute approximate surface area is 422 Å². The Morgan fingerprint density at radius 1 is 0.290 bits per heavy atom. The molecule has 0 aliphatic rings. The molecule has 1 nitrogen and oxygen atoms in total. The second kappa shape index (κ2) is 21.9. The van der Waals surface area contributed by atoms with Gasteiger partial charge in [-0.3, -0.25) is 0 Å². The summed E-state index contributed by atoms with van der Waals surface area (Å²) in [4.78, 5) is 0. The maximum Gasteiger partial charge on any atom is 0.0458 e. The highest BCUT2D eigenvalue weighted by atomic mass is 32.2. The first-order chi connectivity index (χ1) is 32.8. The van der Waals surface area contributed by atoms with E-state index in [1.165, 1.54) is 100 Å². The molecular weight excluding hydrogens is 853 g/mol. The maximum atomic E-state index is 11.1. The summed E-state index contributed by atoms with van der Waals surface area (Å²) in [5, 5.41) is 0. The maximum absolute atomic E-state index is 11.1. The molecule has 0 saturated heterocycles. The van der Waals surface area contributed by atoms with Crippen molar-refractivity contribution in [1.29, 1.82) is 0 Å². The van der Waals surface area contributed by atoms with Crippen molar-refractivity contribution in [3.63, 3.8) is 0 Å². The summed E-state index contributed by atoms with van der Waals surface area (Å²) in [5.74, 6) is 3.23. The third-order valence-corrected chi connectivity index (χ3v) is 14.9. The first kappa shape index (κ1) is 51.7. The van der Waals surface area contributed by atoms with Gasteiger partial charge < -0.3 is 4.55 Å². The Hall–Kier alpha value is -5.15. The Kier molecular flexibility index (Phi) is 16.4. The van der Waals surface area contributed by atoms with E-state index in [1.54, 1.807) is 0 Å². The Balaban J connectivity index is 1.63. The summed E-state index contributed by atoms with van der Waals surface area (Å²) in [5.41, 5.74) is 27.2. The topological polar surface area (TPSA) is 20.2 Å². The molecule has 0 heterocycles. The second-order valence-corrected chi connectivity index (χ2v) is 22.7. The fourth-order valence-corrected chi connectivity index (χ4v) is 11.5. The molecule has 360 valence electrons. The van der Waals surface area contributed by atoms with Crippen LogP contribution >= 0.6 is 12.0 Å². The molecule has 0 saturated carbocycles. The Morgan fingerprint density at radius 2 is 0.478 bits per heavy atom. The monoisotopic (exact) mass is 933 g/mol. The molecule has 0 bridgehead atoms. The van der Waals surface area contributed by atoms with Gasteiger partial charge >= 0.3 is 0 Å². The molecular formula is C67H80OS. The number of hydrogen-bond donors (Lipinski definition) is 1. The molecule has 0 aromatic heterocycles. The van der Waals surface area contributed by atoms with E-state index in [2.05, 4.69) is 238 Å². The summed E-state index contributed by atoms with van der Waals surface area (Å²) in [6, 6.07) is 49.3. The standard InChI is InChI=1S/C67H80OS/c1-39(2)53-22-17-23-54(40(3)4)64(53)49-32-47(33-50(36-49)65-55(41(5)6)24-18-25-56(65)42(7)8)61-30-21-31-62(63(61)38-69-68)48-34-51(66-57(43(9)10)26-19-27-58(66)44(11)12)37-52(35-48)67-59(45(13)14)28-20-29-60(67)46(15)16/h17-37,39-46,68H,38H2,1-16H3. The zero-order valence-corrected chi connectivity index (χ0v) is 45.6. The van der Waals surface area contributed by atoms with E-state index < -0.39 is 0 Å². The van der Waals surface area contributed by atoms with Gasteiger partial charge in [0.15, 0.2) is 0 Å². The minimum atomic E-state index is 0.347. The van der Waals surface area contributed by atoms with Gasteiger partial charge in [0.2, 0.25) is 0 Å². The van der Waals surface area contributed by atoms with E-state index in [4.69, 9.17) is 0 Å². The van der Waals surface area contributed by atoms with Gasteiger partial charge in [0.1, 0.15) is 0 Å². The van der Waals surface area contributed by atoms with E-state index in [0.717, 1.165) is 28.7 Å². The summed E-state index contributed by atoms with van der Waals surface area (Å²) >= 11 is 0.926. The zero-order valence-electron chi connectivity index (χ0n) is 44.8. The first-order valence-corrected chi connectivity index (χ1v) is 27.0. The van der Waals surface area contributed by atoms with Crippen LogP contribution in [0.5, 0.6) is 0 Å². The fraction of sp³-hybridized carbons (Fsp3) is 0.373. The smallest absolute Gasteiger partial charge is 0.0458 e. The van der Waals surface area contributed by atoms with Crippen LogP contribution in [0.4, 0.5) is 0 Å². The van der Waals surface area contributed by atoms with E-state index in [1.807, 2.05) is 0 Å². The Morgan fingerprint density at radius 3 is 0.667 bits per heavy atom. The highest BCUT2D eigenvalue weighted by molar-refractivity contribution is 7.92. The molecule has 0 unspecified atom stereocenters. The first-order valence-electron chi connectivity index (χ1n) is 26.1. The highest BCUT2D eigenvalue weighted by Crippen LogP contribution is 2.48. The predicted molar refractivity (Wildman–Crippen MR) is 306 cm³/mol. The average Bonchev–Trinajstić information content (AvgIpc) is 3.32. The third-order valence-electron chi connectivity index (χ3n) is 14.5. The van der Waals surface area contributed by atoms with Crippen molar-refractivity contribution >= 4 is 12.0 Å². The summed E-state index contributed by atoms with van der Waals surface area (Å²) in [6.07, 6.45) is 0. The molecule has 0 aliphatic carbocycles. The predicted octanol–water partition coefficient (Wildman–Crippen LogP) is 21.4. The van der Waals surface area contributed by atoms with Crippen LogP contribution in [0.3, 0.4) is 0 Å².